The Morgan fingerprint density at radius 2 is 0.842 bits per heavy atom. The highest BCUT2D eigenvalue weighted by Gasteiger charge is 2.16. The van der Waals surface area contributed by atoms with Crippen molar-refractivity contribution in [2.45, 2.75) is 117 Å². The zero-order valence-corrected chi connectivity index (χ0v) is 24.9. The first-order valence-electron chi connectivity index (χ1n) is 14.5. The molecule has 0 radical (unpaired) electrons. The van der Waals surface area contributed by atoms with E-state index in [1.165, 1.54) is 62.5 Å². The molecule has 0 heterocycles. The third-order valence-corrected chi connectivity index (χ3v) is 7.06. The van der Waals surface area contributed by atoms with Crippen LogP contribution in [0, 0.1) is 24.7 Å². The van der Waals surface area contributed by atoms with Gasteiger partial charge < -0.3 is 9.47 Å². The van der Waals surface area contributed by atoms with Crippen molar-refractivity contribution in [2.75, 3.05) is 13.2 Å². The summed E-state index contributed by atoms with van der Waals surface area (Å²) in [7, 11) is 0. The van der Waals surface area contributed by atoms with Crippen LogP contribution in [0.1, 0.15) is 128 Å². The fraction of sp³-hybridized carbons (Fsp3) is 0.556. The predicted octanol–water partition coefficient (Wildman–Crippen LogP) is 9.60. The summed E-state index contributed by atoms with van der Waals surface area (Å²) in [5.41, 5.74) is 4.38. The summed E-state index contributed by atoms with van der Waals surface area (Å²) in [4.78, 5) is 0. The topological polar surface area (TPSA) is 18.5 Å². The molecule has 2 rings (SSSR count). The van der Waals surface area contributed by atoms with Crippen molar-refractivity contribution < 1.29 is 9.47 Å². The van der Waals surface area contributed by atoms with E-state index in [1.807, 2.05) is 12.1 Å². The van der Waals surface area contributed by atoms with Crippen molar-refractivity contribution in [1.29, 1.82) is 0 Å². The molecule has 0 aliphatic rings. The SMILES string of the molecule is C#Cc1cc(C(C)(C)C)ccc1OCCCCCCCCCCCCOc1ccc(C(C)(C)C)cc1C#C. The van der Waals surface area contributed by atoms with Crippen LogP contribution in [-0.2, 0) is 10.8 Å². The first-order chi connectivity index (χ1) is 18.1. The number of benzene rings is 2. The molecule has 0 spiro atoms. The Morgan fingerprint density at radius 1 is 0.526 bits per heavy atom. The van der Waals surface area contributed by atoms with E-state index in [4.69, 9.17) is 22.3 Å². The number of terminal acetylenes is 2. The first-order valence-corrected chi connectivity index (χ1v) is 14.5. The fourth-order valence-electron chi connectivity index (χ4n) is 4.45. The van der Waals surface area contributed by atoms with Gasteiger partial charge in [0.2, 0.25) is 0 Å². The normalized spacial score (nSPS) is 11.6. The summed E-state index contributed by atoms with van der Waals surface area (Å²) in [6.45, 7) is 14.6. The van der Waals surface area contributed by atoms with E-state index in [0.29, 0.717) is 0 Å². The average Bonchev–Trinajstić information content (AvgIpc) is 2.87. The van der Waals surface area contributed by atoms with Crippen LogP contribution in [0.3, 0.4) is 0 Å². The summed E-state index contributed by atoms with van der Waals surface area (Å²) in [5, 5.41) is 0. The molecule has 2 aromatic rings. The maximum atomic E-state index is 5.98. The van der Waals surface area contributed by atoms with Crippen molar-refractivity contribution in [3.8, 4) is 36.2 Å². The molecule has 0 saturated heterocycles. The van der Waals surface area contributed by atoms with Gasteiger partial charge in [-0.25, -0.2) is 0 Å². The zero-order chi connectivity index (χ0) is 28.0. The Morgan fingerprint density at radius 3 is 1.13 bits per heavy atom. The molecule has 0 N–H and O–H groups in total. The molecular weight excluding hydrogens is 464 g/mol. The van der Waals surface area contributed by atoms with E-state index in [0.717, 1.165) is 48.7 Å². The van der Waals surface area contributed by atoms with E-state index in [1.54, 1.807) is 0 Å². The first kappa shape index (κ1) is 31.4. The standard InChI is InChI=1S/C36H50O2/c1-9-29-27-31(35(3,4)5)21-23-33(29)37-25-19-17-15-13-11-12-14-16-18-20-26-38-34-24-22-32(36(6,7)8)28-30(34)10-2/h1-2,21-24,27-28H,11-20,25-26H2,3-8H3. The van der Waals surface area contributed by atoms with E-state index in [9.17, 15) is 0 Å². The second-order valence-corrected chi connectivity index (χ2v) is 12.4. The maximum Gasteiger partial charge on any atom is 0.134 e. The largest absolute Gasteiger partial charge is 0.492 e. The number of ether oxygens (including phenoxy) is 2. The van der Waals surface area contributed by atoms with Gasteiger partial charge in [0, 0.05) is 0 Å². The van der Waals surface area contributed by atoms with Crippen LogP contribution in [0.5, 0.6) is 11.5 Å². The van der Waals surface area contributed by atoms with E-state index < -0.39 is 0 Å². The maximum absolute atomic E-state index is 5.98. The molecule has 0 aliphatic carbocycles. The molecule has 0 fully saturated rings. The molecule has 2 heteroatoms. The molecule has 2 aromatic carbocycles. The lowest BCUT2D eigenvalue weighted by Gasteiger charge is -2.20. The second kappa shape index (κ2) is 15.5. The van der Waals surface area contributed by atoms with Gasteiger partial charge in [-0.05, 0) is 59.1 Å². The van der Waals surface area contributed by atoms with Crippen molar-refractivity contribution in [1.82, 2.24) is 0 Å². The minimum atomic E-state index is 0.0881. The van der Waals surface area contributed by atoms with Gasteiger partial charge >= 0.3 is 0 Å². The Balaban J connectivity index is 1.48. The molecular formula is C36H50O2. The predicted molar refractivity (Wildman–Crippen MR) is 163 cm³/mol. The van der Waals surface area contributed by atoms with E-state index in [-0.39, 0.29) is 10.8 Å². The fourth-order valence-corrected chi connectivity index (χ4v) is 4.45. The number of rotatable bonds is 15. The van der Waals surface area contributed by atoms with Crippen LogP contribution >= 0.6 is 0 Å². The molecule has 206 valence electrons. The van der Waals surface area contributed by atoms with Gasteiger partial charge in [-0.3, -0.25) is 0 Å². The molecule has 0 bridgehead atoms. The van der Waals surface area contributed by atoms with Crippen LogP contribution in [0.2, 0.25) is 0 Å². The lowest BCUT2D eigenvalue weighted by atomic mass is 9.86. The number of hydrogen-bond acceptors (Lipinski definition) is 2. The van der Waals surface area contributed by atoms with Gasteiger partial charge in [0.05, 0.1) is 24.3 Å². The summed E-state index contributed by atoms with van der Waals surface area (Å²) < 4.78 is 12.0. The smallest absolute Gasteiger partial charge is 0.134 e. The van der Waals surface area contributed by atoms with Crippen LogP contribution in [0.25, 0.3) is 0 Å². The molecule has 2 nitrogen and oxygen atoms in total. The third kappa shape index (κ3) is 10.9. The van der Waals surface area contributed by atoms with Crippen molar-refractivity contribution in [3.05, 3.63) is 58.7 Å². The highest BCUT2D eigenvalue weighted by Crippen LogP contribution is 2.29. The van der Waals surface area contributed by atoms with Crippen LogP contribution in [-0.4, -0.2) is 13.2 Å². The molecule has 0 amide bonds. The van der Waals surface area contributed by atoms with E-state index in [2.05, 4.69) is 77.6 Å². The van der Waals surface area contributed by atoms with Gasteiger partial charge in [-0.15, -0.1) is 12.8 Å². The Hall–Kier alpha value is -2.84. The molecule has 0 aromatic heterocycles. The van der Waals surface area contributed by atoms with Crippen molar-refractivity contribution in [3.63, 3.8) is 0 Å². The number of unbranched alkanes of at least 4 members (excludes halogenated alkanes) is 9. The van der Waals surface area contributed by atoms with Crippen molar-refractivity contribution in [2.24, 2.45) is 0 Å². The number of hydrogen-bond donors (Lipinski definition) is 0. The Labute approximate surface area is 233 Å². The van der Waals surface area contributed by atoms with Crippen molar-refractivity contribution >= 4 is 0 Å². The molecule has 38 heavy (non-hydrogen) atoms. The molecule has 0 unspecified atom stereocenters. The average molecular weight is 515 g/mol. The van der Waals surface area contributed by atoms with Gasteiger partial charge in [0.25, 0.3) is 0 Å². The van der Waals surface area contributed by atoms with Crippen LogP contribution in [0.15, 0.2) is 36.4 Å². The lowest BCUT2D eigenvalue weighted by Crippen LogP contribution is -2.11. The Bertz CT molecular complexity index is 979. The summed E-state index contributed by atoms with van der Waals surface area (Å²) in [6.07, 6.45) is 23.8. The molecule has 0 saturated carbocycles. The highest BCUT2D eigenvalue weighted by atomic mass is 16.5. The minimum absolute atomic E-state index is 0.0881. The minimum Gasteiger partial charge on any atom is -0.492 e. The van der Waals surface area contributed by atoms with E-state index >= 15 is 0 Å². The molecule has 0 aliphatic heterocycles. The van der Waals surface area contributed by atoms with Crippen LogP contribution < -0.4 is 9.47 Å². The quantitative estimate of drug-likeness (QED) is 0.174. The molecule has 0 atom stereocenters. The zero-order valence-electron chi connectivity index (χ0n) is 24.9. The van der Waals surface area contributed by atoms with Gasteiger partial charge in [0.1, 0.15) is 11.5 Å². The summed E-state index contributed by atoms with van der Waals surface area (Å²) in [5.74, 6) is 7.24. The monoisotopic (exact) mass is 514 g/mol. The summed E-state index contributed by atoms with van der Waals surface area (Å²) >= 11 is 0. The Kier molecular flexibility index (Phi) is 12.8. The highest BCUT2D eigenvalue weighted by molar-refractivity contribution is 5.49. The summed E-state index contributed by atoms with van der Waals surface area (Å²) in [6, 6.07) is 12.5. The second-order valence-electron chi connectivity index (χ2n) is 12.4. The van der Waals surface area contributed by atoms with Gasteiger partial charge in [-0.1, -0.05) is 117 Å². The van der Waals surface area contributed by atoms with Gasteiger partial charge in [0.15, 0.2) is 0 Å². The lowest BCUT2D eigenvalue weighted by molar-refractivity contribution is 0.302. The third-order valence-electron chi connectivity index (χ3n) is 7.06. The van der Waals surface area contributed by atoms with Gasteiger partial charge in [-0.2, -0.15) is 0 Å². The van der Waals surface area contributed by atoms with Crippen LogP contribution in [0.4, 0.5) is 0 Å².